The van der Waals surface area contributed by atoms with Crippen LogP contribution < -0.4 is 20.1 Å². The van der Waals surface area contributed by atoms with Gasteiger partial charge in [0.15, 0.2) is 5.75 Å². The fourth-order valence-electron chi connectivity index (χ4n) is 2.79. The molecule has 7 nitrogen and oxygen atoms in total. The van der Waals surface area contributed by atoms with E-state index in [0.717, 1.165) is 18.2 Å². The van der Waals surface area contributed by atoms with Gasteiger partial charge < -0.3 is 25.2 Å². The Morgan fingerprint density at radius 3 is 2.29 bits per heavy atom. The van der Waals surface area contributed by atoms with Crippen LogP contribution in [0.5, 0.6) is 11.5 Å². The molecule has 0 unspecified atom stereocenters. The minimum Gasteiger partial charge on any atom is -0.406 e. The van der Waals surface area contributed by atoms with Crippen LogP contribution >= 0.6 is 0 Å². The molecule has 0 aliphatic heterocycles. The Hall–Kier alpha value is -3.74. The van der Waals surface area contributed by atoms with Crippen molar-refractivity contribution in [1.82, 2.24) is 9.97 Å². The maximum atomic E-state index is 12.7. The Kier molecular flexibility index (Phi) is 7.66. The van der Waals surface area contributed by atoms with Crippen molar-refractivity contribution in [3.63, 3.8) is 0 Å². The number of aliphatic hydroxyl groups excluding tert-OH is 1. The second kappa shape index (κ2) is 10.5. The number of para-hydroxylation sites is 2. The van der Waals surface area contributed by atoms with E-state index in [-0.39, 0.29) is 41.9 Å². The summed E-state index contributed by atoms with van der Waals surface area (Å²) in [7, 11) is 0. The zero-order chi connectivity index (χ0) is 24.8. The number of halogens is 6. The Morgan fingerprint density at radius 1 is 0.853 bits per heavy atom. The molecule has 1 heterocycles. The van der Waals surface area contributed by atoms with Gasteiger partial charge >= 0.3 is 12.7 Å². The molecule has 0 aliphatic carbocycles. The minimum atomic E-state index is -4.93. The van der Waals surface area contributed by atoms with Gasteiger partial charge in [-0.2, -0.15) is 4.98 Å². The van der Waals surface area contributed by atoms with Crippen molar-refractivity contribution in [2.75, 3.05) is 23.8 Å². The number of hydrogen-bond donors (Lipinski definition) is 3. The fourth-order valence-corrected chi connectivity index (χ4v) is 2.79. The van der Waals surface area contributed by atoms with Crippen molar-refractivity contribution in [3.05, 3.63) is 54.6 Å². The molecule has 2 aromatic carbocycles. The number of aliphatic hydroxyl groups is 1. The molecule has 3 N–H and O–H groups in total. The van der Waals surface area contributed by atoms with Gasteiger partial charge in [-0.15, -0.1) is 26.3 Å². The van der Waals surface area contributed by atoms with Gasteiger partial charge in [0.05, 0.1) is 11.4 Å². The molecular formula is C21H18F6N4O3. The van der Waals surface area contributed by atoms with Crippen molar-refractivity contribution >= 4 is 17.5 Å². The van der Waals surface area contributed by atoms with Gasteiger partial charge in [-0.25, -0.2) is 4.98 Å². The van der Waals surface area contributed by atoms with E-state index in [1.807, 2.05) is 0 Å². The van der Waals surface area contributed by atoms with E-state index in [0.29, 0.717) is 6.42 Å². The average Bonchev–Trinajstić information content (AvgIpc) is 2.73. The summed E-state index contributed by atoms with van der Waals surface area (Å²) in [5.74, 6) is -0.913. The summed E-state index contributed by atoms with van der Waals surface area (Å²) < 4.78 is 84.0. The van der Waals surface area contributed by atoms with Crippen LogP contribution in [0.1, 0.15) is 6.42 Å². The number of benzene rings is 2. The molecule has 182 valence electrons. The standard InChI is InChI=1S/C21H18F6N4O3/c22-20(23,24)33-14-6-3-5-13(11-14)16-12-18(31-19(30-16)28-9-4-10-32)29-15-7-1-2-8-17(15)34-21(25,26)27/h1-3,5-8,11-12,32H,4,9-10H2,(H2,28,29,30,31). The Morgan fingerprint density at radius 2 is 1.59 bits per heavy atom. The number of nitrogens with one attached hydrogen (secondary N) is 2. The highest BCUT2D eigenvalue weighted by atomic mass is 19.4. The van der Waals surface area contributed by atoms with E-state index in [2.05, 4.69) is 30.1 Å². The minimum absolute atomic E-state index is 0.0322. The highest BCUT2D eigenvalue weighted by Gasteiger charge is 2.32. The number of hydrogen-bond acceptors (Lipinski definition) is 7. The van der Waals surface area contributed by atoms with E-state index >= 15 is 0 Å². The molecule has 0 radical (unpaired) electrons. The Balaban J connectivity index is 1.97. The van der Waals surface area contributed by atoms with Gasteiger partial charge in [0.2, 0.25) is 5.95 Å². The van der Waals surface area contributed by atoms with Crippen molar-refractivity contribution in [2.24, 2.45) is 0 Å². The molecule has 3 rings (SSSR count). The van der Waals surface area contributed by atoms with E-state index in [9.17, 15) is 26.3 Å². The molecule has 13 heteroatoms. The SMILES string of the molecule is OCCCNc1nc(Nc2ccccc2OC(F)(F)F)cc(-c2cccc(OC(F)(F)F)c2)n1. The molecule has 0 aliphatic rings. The number of anilines is 3. The van der Waals surface area contributed by atoms with Gasteiger partial charge in [-0.05, 0) is 30.7 Å². The molecule has 1 aromatic heterocycles. The zero-order valence-electron chi connectivity index (χ0n) is 17.2. The molecule has 0 saturated heterocycles. The lowest BCUT2D eigenvalue weighted by Crippen LogP contribution is -2.18. The first-order chi connectivity index (χ1) is 16.0. The van der Waals surface area contributed by atoms with Crippen molar-refractivity contribution in [1.29, 1.82) is 0 Å². The van der Waals surface area contributed by atoms with E-state index < -0.39 is 24.2 Å². The lowest BCUT2D eigenvalue weighted by Gasteiger charge is -2.16. The molecular weight excluding hydrogens is 470 g/mol. The number of alkyl halides is 6. The smallest absolute Gasteiger partial charge is 0.406 e. The molecule has 0 saturated carbocycles. The molecule has 3 aromatic rings. The molecule has 0 fully saturated rings. The van der Waals surface area contributed by atoms with Crippen LogP contribution in [0.15, 0.2) is 54.6 Å². The molecule has 0 spiro atoms. The molecule has 0 atom stereocenters. The number of ether oxygens (including phenoxy) is 2. The van der Waals surface area contributed by atoms with Gasteiger partial charge in [-0.3, -0.25) is 0 Å². The fraction of sp³-hybridized carbons (Fsp3) is 0.238. The van der Waals surface area contributed by atoms with Crippen LogP contribution in [0.4, 0.5) is 43.8 Å². The summed E-state index contributed by atoms with van der Waals surface area (Å²) in [5, 5.41) is 14.5. The molecule has 0 amide bonds. The second-order valence-corrected chi connectivity index (χ2v) is 6.71. The van der Waals surface area contributed by atoms with Crippen molar-refractivity contribution in [3.8, 4) is 22.8 Å². The first-order valence-electron chi connectivity index (χ1n) is 9.74. The first-order valence-corrected chi connectivity index (χ1v) is 9.74. The third kappa shape index (κ3) is 7.69. The average molecular weight is 488 g/mol. The summed E-state index contributed by atoms with van der Waals surface area (Å²) in [4.78, 5) is 8.43. The van der Waals surface area contributed by atoms with Gasteiger partial charge in [0.1, 0.15) is 11.6 Å². The lowest BCUT2D eigenvalue weighted by atomic mass is 10.1. The highest BCUT2D eigenvalue weighted by Crippen LogP contribution is 2.33. The van der Waals surface area contributed by atoms with Gasteiger partial charge in [0, 0.05) is 24.8 Å². The predicted octanol–water partition coefficient (Wildman–Crippen LogP) is 5.48. The third-order valence-corrected chi connectivity index (χ3v) is 4.08. The van der Waals surface area contributed by atoms with Gasteiger partial charge in [0.25, 0.3) is 0 Å². The van der Waals surface area contributed by atoms with Crippen molar-refractivity contribution < 1.29 is 40.9 Å². The third-order valence-electron chi connectivity index (χ3n) is 4.08. The van der Waals surface area contributed by atoms with Crippen LogP contribution in [0.3, 0.4) is 0 Å². The van der Waals surface area contributed by atoms with E-state index in [1.54, 1.807) is 0 Å². The number of nitrogens with zero attached hydrogens (tertiary/aromatic N) is 2. The van der Waals surface area contributed by atoms with Crippen LogP contribution in [-0.4, -0.2) is 41.0 Å². The first kappa shape index (κ1) is 24.9. The Bertz CT molecular complexity index is 1110. The quantitative estimate of drug-likeness (QED) is 0.272. The highest BCUT2D eigenvalue weighted by molar-refractivity contribution is 5.70. The number of rotatable bonds is 9. The second-order valence-electron chi connectivity index (χ2n) is 6.71. The summed E-state index contributed by atoms with van der Waals surface area (Å²) >= 11 is 0. The predicted molar refractivity (Wildman–Crippen MR) is 111 cm³/mol. The van der Waals surface area contributed by atoms with Crippen molar-refractivity contribution in [2.45, 2.75) is 19.1 Å². The maximum Gasteiger partial charge on any atom is 0.573 e. The summed E-state index contributed by atoms with van der Waals surface area (Å²) in [6.07, 6.45) is -9.46. The van der Waals surface area contributed by atoms with Crippen LogP contribution in [0, 0.1) is 0 Å². The number of aromatic nitrogens is 2. The zero-order valence-corrected chi connectivity index (χ0v) is 17.2. The van der Waals surface area contributed by atoms with Crippen LogP contribution in [0.2, 0.25) is 0 Å². The summed E-state index contributed by atoms with van der Waals surface area (Å²) in [5.41, 5.74) is 0.336. The molecule has 34 heavy (non-hydrogen) atoms. The Labute approximate surface area is 189 Å². The van der Waals surface area contributed by atoms with Crippen LogP contribution in [0.25, 0.3) is 11.3 Å². The summed E-state index contributed by atoms with van der Waals surface area (Å²) in [6, 6.07) is 11.6. The monoisotopic (exact) mass is 488 g/mol. The largest absolute Gasteiger partial charge is 0.573 e. The summed E-state index contributed by atoms with van der Waals surface area (Å²) in [6.45, 7) is 0.154. The molecule has 0 bridgehead atoms. The lowest BCUT2D eigenvalue weighted by molar-refractivity contribution is -0.275. The normalized spacial score (nSPS) is 11.7. The van der Waals surface area contributed by atoms with E-state index in [4.69, 9.17) is 5.11 Å². The maximum absolute atomic E-state index is 12.7. The van der Waals surface area contributed by atoms with Crippen LogP contribution in [-0.2, 0) is 0 Å². The topological polar surface area (TPSA) is 88.5 Å². The van der Waals surface area contributed by atoms with E-state index in [1.165, 1.54) is 36.4 Å². The van der Waals surface area contributed by atoms with Gasteiger partial charge in [-0.1, -0.05) is 24.3 Å².